The standard InChI is InChI=1S/C13H20N2O4/c1-14(2)7-11-9-15(5-6-18-11)8-10-3-4-12(19-10)13(16)17/h3-4,11H,5-9H2,1-2H3,(H,16,17). The Morgan fingerprint density at radius 1 is 1.53 bits per heavy atom. The van der Waals surface area contributed by atoms with E-state index < -0.39 is 5.97 Å². The van der Waals surface area contributed by atoms with Crippen LogP contribution in [-0.2, 0) is 11.3 Å². The summed E-state index contributed by atoms with van der Waals surface area (Å²) in [6, 6.07) is 3.22. The molecule has 106 valence electrons. The van der Waals surface area contributed by atoms with Crippen LogP contribution in [0.5, 0.6) is 0 Å². The lowest BCUT2D eigenvalue weighted by Crippen LogP contribution is -2.45. The summed E-state index contributed by atoms with van der Waals surface area (Å²) >= 11 is 0. The van der Waals surface area contributed by atoms with Crippen LogP contribution in [0, 0.1) is 0 Å². The molecule has 1 unspecified atom stereocenters. The van der Waals surface area contributed by atoms with E-state index in [0.29, 0.717) is 18.9 Å². The molecular formula is C13H20N2O4. The van der Waals surface area contributed by atoms with Gasteiger partial charge in [-0.05, 0) is 26.2 Å². The van der Waals surface area contributed by atoms with Crippen LogP contribution < -0.4 is 0 Å². The van der Waals surface area contributed by atoms with Gasteiger partial charge in [-0.1, -0.05) is 0 Å². The number of morpholine rings is 1. The second kappa shape index (κ2) is 6.18. The van der Waals surface area contributed by atoms with Crippen LogP contribution in [0.1, 0.15) is 16.3 Å². The molecule has 1 N–H and O–H groups in total. The molecular weight excluding hydrogens is 248 g/mol. The first-order chi connectivity index (χ1) is 9.04. The van der Waals surface area contributed by atoms with Crippen LogP contribution in [-0.4, -0.2) is 67.3 Å². The highest BCUT2D eigenvalue weighted by atomic mass is 16.5. The maximum atomic E-state index is 10.7. The summed E-state index contributed by atoms with van der Waals surface area (Å²) in [5, 5.41) is 8.81. The zero-order valence-electron chi connectivity index (χ0n) is 11.3. The van der Waals surface area contributed by atoms with Crippen LogP contribution in [0.25, 0.3) is 0 Å². The van der Waals surface area contributed by atoms with Crippen molar-refractivity contribution in [1.82, 2.24) is 9.80 Å². The largest absolute Gasteiger partial charge is 0.475 e. The number of ether oxygens (including phenoxy) is 1. The van der Waals surface area contributed by atoms with E-state index in [1.165, 1.54) is 6.07 Å². The van der Waals surface area contributed by atoms with Gasteiger partial charge in [0.1, 0.15) is 5.76 Å². The first kappa shape index (κ1) is 14.0. The van der Waals surface area contributed by atoms with Gasteiger partial charge < -0.3 is 19.2 Å². The van der Waals surface area contributed by atoms with Crippen molar-refractivity contribution < 1.29 is 19.1 Å². The second-order valence-corrected chi connectivity index (χ2v) is 5.06. The van der Waals surface area contributed by atoms with E-state index >= 15 is 0 Å². The Labute approximate surface area is 112 Å². The minimum Gasteiger partial charge on any atom is -0.475 e. The number of aromatic carboxylic acids is 1. The van der Waals surface area contributed by atoms with E-state index in [4.69, 9.17) is 14.3 Å². The van der Waals surface area contributed by atoms with Crippen molar-refractivity contribution in [3.05, 3.63) is 23.7 Å². The number of carboxylic acid groups (broad SMARTS) is 1. The minimum absolute atomic E-state index is 0.00639. The third kappa shape index (κ3) is 4.05. The average Bonchev–Trinajstić information content (AvgIpc) is 2.77. The molecule has 1 aromatic rings. The third-order valence-electron chi connectivity index (χ3n) is 3.04. The highest BCUT2D eigenvalue weighted by Crippen LogP contribution is 2.14. The molecule has 1 aliphatic rings. The van der Waals surface area contributed by atoms with Crippen molar-refractivity contribution in [3.8, 4) is 0 Å². The van der Waals surface area contributed by atoms with E-state index in [0.717, 1.165) is 19.6 Å². The lowest BCUT2D eigenvalue weighted by Gasteiger charge is -2.33. The zero-order valence-corrected chi connectivity index (χ0v) is 11.3. The molecule has 6 nitrogen and oxygen atoms in total. The van der Waals surface area contributed by atoms with Gasteiger partial charge in [0.15, 0.2) is 0 Å². The smallest absolute Gasteiger partial charge is 0.371 e. The predicted molar refractivity (Wildman–Crippen MR) is 69.2 cm³/mol. The van der Waals surface area contributed by atoms with Gasteiger partial charge in [-0.2, -0.15) is 0 Å². The van der Waals surface area contributed by atoms with E-state index in [-0.39, 0.29) is 11.9 Å². The van der Waals surface area contributed by atoms with Crippen molar-refractivity contribution in [2.24, 2.45) is 0 Å². The molecule has 1 fully saturated rings. The van der Waals surface area contributed by atoms with E-state index in [1.54, 1.807) is 6.07 Å². The number of likely N-dealkylation sites (N-methyl/N-ethyl adjacent to an activating group) is 1. The number of carboxylic acids is 1. The number of nitrogens with zero attached hydrogens (tertiary/aromatic N) is 2. The first-order valence-electron chi connectivity index (χ1n) is 6.35. The van der Waals surface area contributed by atoms with Gasteiger partial charge in [-0.15, -0.1) is 0 Å². The molecule has 0 bridgehead atoms. The van der Waals surface area contributed by atoms with Crippen LogP contribution in [0.15, 0.2) is 16.5 Å². The summed E-state index contributed by atoms with van der Waals surface area (Å²) in [6.07, 6.45) is 0.192. The molecule has 2 rings (SSSR count). The molecule has 1 aromatic heterocycles. The van der Waals surface area contributed by atoms with Gasteiger partial charge >= 0.3 is 5.97 Å². The summed E-state index contributed by atoms with van der Waals surface area (Å²) in [6.45, 7) is 3.88. The minimum atomic E-state index is -1.03. The molecule has 1 saturated heterocycles. The Morgan fingerprint density at radius 2 is 2.32 bits per heavy atom. The molecule has 1 aliphatic heterocycles. The van der Waals surface area contributed by atoms with Crippen molar-refractivity contribution in [1.29, 1.82) is 0 Å². The maximum absolute atomic E-state index is 10.7. The molecule has 0 aromatic carbocycles. The van der Waals surface area contributed by atoms with Crippen LogP contribution >= 0.6 is 0 Å². The molecule has 0 spiro atoms. The molecule has 2 heterocycles. The van der Waals surface area contributed by atoms with Gasteiger partial charge in [0.25, 0.3) is 0 Å². The molecule has 6 heteroatoms. The predicted octanol–water partition coefficient (Wildman–Crippen LogP) is 0.740. The van der Waals surface area contributed by atoms with Gasteiger partial charge in [0, 0.05) is 19.6 Å². The Balaban J connectivity index is 1.89. The average molecular weight is 268 g/mol. The Morgan fingerprint density at radius 3 is 2.95 bits per heavy atom. The summed E-state index contributed by atoms with van der Waals surface area (Å²) in [7, 11) is 4.04. The fourth-order valence-electron chi connectivity index (χ4n) is 2.24. The van der Waals surface area contributed by atoms with Crippen molar-refractivity contribution >= 4 is 5.97 Å². The summed E-state index contributed by atoms with van der Waals surface area (Å²) in [5.74, 6) is -0.352. The fourth-order valence-corrected chi connectivity index (χ4v) is 2.24. The van der Waals surface area contributed by atoms with Crippen molar-refractivity contribution in [2.75, 3.05) is 40.3 Å². The van der Waals surface area contributed by atoms with Crippen LogP contribution in [0.4, 0.5) is 0 Å². The van der Waals surface area contributed by atoms with Crippen LogP contribution in [0.2, 0.25) is 0 Å². The van der Waals surface area contributed by atoms with Gasteiger partial charge in [-0.3, -0.25) is 4.90 Å². The van der Waals surface area contributed by atoms with Gasteiger partial charge in [0.2, 0.25) is 5.76 Å². The van der Waals surface area contributed by atoms with Gasteiger partial charge in [-0.25, -0.2) is 4.79 Å². The monoisotopic (exact) mass is 268 g/mol. The number of hydrogen-bond donors (Lipinski definition) is 1. The molecule has 0 radical (unpaired) electrons. The topological polar surface area (TPSA) is 66.2 Å². The number of carbonyl (C=O) groups is 1. The Kier molecular flexibility index (Phi) is 4.57. The SMILES string of the molecule is CN(C)CC1CN(Cc2ccc(C(=O)O)o2)CCO1. The maximum Gasteiger partial charge on any atom is 0.371 e. The second-order valence-electron chi connectivity index (χ2n) is 5.06. The highest BCUT2D eigenvalue weighted by Gasteiger charge is 2.22. The number of furan rings is 1. The lowest BCUT2D eigenvalue weighted by atomic mass is 10.2. The normalized spacial score (nSPS) is 20.9. The van der Waals surface area contributed by atoms with Crippen molar-refractivity contribution in [3.63, 3.8) is 0 Å². The quantitative estimate of drug-likeness (QED) is 0.849. The van der Waals surface area contributed by atoms with Gasteiger partial charge in [0.05, 0.1) is 19.3 Å². The number of hydrogen-bond acceptors (Lipinski definition) is 5. The zero-order chi connectivity index (χ0) is 13.8. The highest BCUT2D eigenvalue weighted by molar-refractivity contribution is 5.84. The number of rotatable bonds is 5. The summed E-state index contributed by atoms with van der Waals surface area (Å²) in [4.78, 5) is 15.1. The summed E-state index contributed by atoms with van der Waals surface area (Å²) in [5.41, 5.74) is 0. The fraction of sp³-hybridized carbons (Fsp3) is 0.615. The molecule has 0 saturated carbocycles. The van der Waals surface area contributed by atoms with Crippen molar-refractivity contribution in [2.45, 2.75) is 12.6 Å². The van der Waals surface area contributed by atoms with E-state index in [2.05, 4.69) is 9.80 Å². The van der Waals surface area contributed by atoms with E-state index in [9.17, 15) is 4.79 Å². The summed E-state index contributed by atoms with van der Waals surface area (Å²) < 4.78 is 11.0. The Hall–Kier alpha value is -1.37. The Bertz CT molecular complexity index is 430. The van der Waals surface area contributed by atoms with E-state index in [1.807, 2.05) is 14.1 Å². The molecule has 0 aliphatic carbocycles. The molecule has 19 heavy (non-hydrogen) atoms. The molecule has 0 amide bonds. The lowest BCUT2D eigenvalue weighted by molar-refractivity contribution is -0.0423. The third-order valence-corrected chi connectivity index (χ3v) is 3.04. The van der Waals surface area contributed by atoms with Crippen LogP contribution in [0.3, 0.4) is 0 Å². The first-order valence-corrected chi connectivity index (χ1v) is 6.35. The molecule has 1 atom stereocenters.